The normalized spacial score (nSPS) is 17.5. The number of nitrogens with one attached hydrogen (secondary N) is 2. The van der Waals surface area contributed by atoms with Crippen LogP contribution in [-0.2, 0) is 6.18 Å². The van der Waals surface area contributed by atoms with Gasteiger partial charge in [-0.05, 0) is 24.5 Å². The van der Waals surface area contributed by atoms with Crippen molar-refractivity contribution >= 4 is 16.9 Å². The highest BCUT2D eigenvalue weighted by molar-refractivity contribution is 5.85. The lowest BCUT2D eigenvalue weighted by Crippen LogP contribution is -2.43. The number of likely N-dealkylation sites (tertiary alicyclic amines) is 1. The van der Waals surface area contributed by atoms with E-state index in [-0.39, 0.29) is 24.7 Å². The van der Waals surface area contributed by atoms with E-state index in [1.165, 1.54) is 23.4 Å². The van der Waals surface area contributed by atoms with Crippen LogP contribution in [0, 0.1) is 0 Å². The molecule has 160 valence electrons. The lowest BCUT2D eigenvalue weighted by Gasteiger charge is -2.38. The first-order valence-electron chi connectivity index (χ1n) is 9.43. The first-order valence-corrected chi connectivity index (χ1v) is 9.43. The van der Waals surface area contributed by atoms with E-state index in [0.29, 0.717) is 29.7 Å². The average molecular weight is 426 g/mol. The Morgan fingerprint density at radius 3 is 2.53 bits per heavy atom. The number of benzene rings is 1. The summed E-state index contributed by atoms with van der Waals surface area (Å²) in [6, 6.07) is 2.90. The van der Waals surface area contributed by atoms with Gasteiger partial charge in [-0.1, -0.05) is 18.2 Å². The molecular formula is C19H19F5N6. The predicted molar refractivity (Wildman–Crippen MR) is 100 cm³/mol. The molecule has 1 aliphatic heterocycles. The van der Waals surface area contributed by atoms with Crippen LogP contribution in [0.2, 0.25) is 0 Å². The number of alkyl halides is 5. The second kappa shape index (κ2) is 8.13. The van der Waals surface area contributed by atoms with E-state index in [1.54, 1.807) is 6.20 Å². The fourth-order valence-corrected chi connectivity index (χ4v) is 3.90. The molecule has 0 saturated carbocycles. The Morgan fingerprint density at radius 2 is 1.83 bits per heavy atom. The van der Waals surface area contributed by atoms with Gasteiger partial charge in [0.05, 0.1) is 23.2 Å². The molecule has 1 aromatic carbocycles. The Kier molecular flexibility index (Phi) is 5.54. The molecule has 0 spiro atoms. The van der Waals surface area contributed by atoms with Crippen molar-refractivity contribution in [1.82, 2.24) is 25.1 Å². The van der Waals surface area contributed by atoms with Crippen molar-refractivity contribution in [3.63, 3.8) is 0 Å². The van der Waals surface area contributed by atoms with Crippen LogP contribution in [0.1, 0.15) is 30.0 Å². The quantitative estimate of drug-likeness (QED) is 0.597. The fourth-order valence-electron chi connectivity index (χ4n) is 3.90. The number of rotatable bonds is 5. The van der Waals surface area contributed by atoms with Gasteiger partial charge in [-0.15, -0.1) is 0 Å². The molecular weight excluding hydrogens is 407 g/mol. The molecule has 30 heavy (non-hydrogen) atoms. The summed E-state index contributed by atoms with van der Waals surface area (Å²) < 4.78 is 67.8. The second-order valence-electron chi connectivity index (χ2n) is 7.17. The summed E-state index contributed by atoms with van der Waals surface area (Å²) in [5, 5.41) is 10.6. The van der Waals surface area contributed by atoms with Gasteiger partial charge in [0.15, 0.2) is 5.65 Å². The molecule has 11 heteroatoms. The molecule has 0 radical (unpaired) electrons. The summed E-state index contributed by atoms with van der Waals surface area (Å²) >= 11 is 0. The first kappa shape index (κ1) is 20.5. The van der Waals surface area contributed by atoms with Gasteiger partial charge in [-0.25, -0.2) is 18.7 Å². The molecule has 2 aromatic heterocycles. The summed E-state index contributed by atoms with van der Waals surface area (Å²) in [5.74, 6) is 0.583. The lowest BCUT2D eigenvalue weighted by molar-refractivity contribution is -0.139. The minimum Gasteiger partial charge on any atom is -0.367 e. The summed E-state index contributed by atoms with van der Waals surface area (Å²) in [4.78, 5) is 9.69. The predicted octanol–water partition coefficient (Wildman–Crippen LogP) is 4.25. The molecule has 3 aromatic rings. The van der Waals surface area contributed by atoms with Gasteiger partial charge < -0.3 is 5.32 Å². The Hall–Kier alpha value is -2.82. The van der Waals surface area contributed by atoms with E-state index >= 15 is 0 Å². The molecule has 1 saturated heterocycles. The highest BCUT2D eigenvalue weighted by Crippen LogP contribution is 2.39. The molecule has 2 N–H and O–H groups in total. The number of fused-ring (bicyclic) bond motifs is 1. The SMILES string of the molecule is FC(F)C(c1ccccc1C(F)(F)F)N1CCC(Nc2ncnc3[nH]ncc23)CC1. The number of aromatic amines is 1. The van der Waals surface area contributed by atoms with E-state index in [4.69, 9.17) is 0 Å². The van der Waals surface area contributed by atoms with Crippen molar-refractivity contribution in [2.24, 2.45) is 0 Å². The van der Waals surface area contributed by atoms with Crippen LogP contribution >= 0.6 is 0 Å². The zero-order valence-corrected chi connectivity index (χ0v) is 15.7. The van der Waals surface area contributed by atoms with Crippen LogP contribution in [0.5, 0.6) is 0 Å². The van der Waals surface area contributed by atoms with Crippen LogP contribution < -0.4 is 5.32 Å². The van der Waals surface area contributed by atoms with Crippen LogP contribution in [0.25, 0.3) is 11.0 Å². The molecule has 0 aliphatic carbocycles. The van der Waals surface area contributed by atoms with Crippen molar-refractivity contribution in [3.8, 4) is 0 Å². The van der Waals surface area contributed by atoms with E-state index in [9.17, 15) is 22.0 Å². The molecule has 4 rings (SSSR count). The number of H-pyrrole nitrogens is 1. The van der Waals surface area contributed by atoms with Gasteiger partial charge in [0.25, 0.3) is 6.43 Å². The molecule has 0 amide bonds. The van der Waals surface area contributed by atoms with Crippen LogP contribution in [0.4, 0.5) is 27.8 Å². The molecule has 1 fully saturated rings. The summed E-state index contributed by atoms with van der Waals surface area (Å²) in [6.45, 7) is 0.469. The monoisotopic (exact) mass is 426 g/mol. The van der Waals surface area contributed by atoms with E-state index in [2.05, 4.69) is 25.5 Å². The van der Waals surface area contributed by atoms with Crippen LogP contribution in [0.15, 0.2) is 36.8 Å². The minimum absolute atomic E-state index is 0.0505. The number of hydrogen-bond acceptors (Lipinski definition) is 5. The maximum atomic E-state index is 13.9. The number of nitrogens with zero attached hydrogens (tertiary/aromatic N) is 4. The molecule has 0 bridgehead atoms. The van der Waals surface area contributed by atoms with Crippen molar-refractivity contribution < 1.29 is 22.0 Å². The molecule has 1 unspecified atom stereocenters. The van der Waals surface area contributed by atoms with Crippen molar-refractivity contribution in [1.29, 1.82) is 0 Å². The molecule has 1 aliphatic rings. The van der Waals surface area contributed by atoms with Gasteiger partial charge >= 0.3 is 6.18 Å². The third-order valence-electron chi connectivity index (χ3n) is 5.34. The zero-order chi connectivity index (χ0) is 21.3. The molecule has 3 heterocycles. The van der Waals surface area contributed by atoms with Gasteiger partial charge in [-0.3, -0.25) is 10.00 Å². The minimum atomic E-state index is -4.69. The summed E-state index contributed by atoms with van der Waals surface area (Å²) in [7, 11) is 0. The number of halogens is 5. The highest BCUT2D eigenvalue weighted by Gasteiger charge is 2.40. The second-order valence-corrected chi connectivity index (χ2v) is 7.17. The summed E-state index contributed by atoms with van der Waals surface area (Å²) in [6.07, 6.45) is -3.67. The maximum Gasteiger partial charge on any atom is 0.416 e. The van der Waals surface area contributed by atoms with Crippen molar-refractivity contribution in [2.75, 3.05) is 18.4 Å². The Balaban J connectivity index is 1.49. The first-order chi connectivity index (χ1) is 14.3. The standard InChI is InChI=1S/C19H19F5N6/c20-16(21)15(12-3-1-2-4-14(12)19(22,23)24)30-7-5-11(6-8-30)28-17-13-9-27-29-18(13)26-10-25-17/h1-4,9-11,15-16H,5-8H2,(H2,25,26,27,28,29). The van der Waals surface area contributed by atoms with Crippen molar-refractivity contribution in [2.45, 2.75) is 37.5 Å². The molecule has 1 atom stereocenters. The van der Waals surface area contributed by atoms with Crippen LogP contribution in [0.3, 0.4) is 0 Å². The van der Waals surface area contributed by atoms with Gasteiger partial charge in [-0.2, -0.15) is 18.3 Å². The number of hydrogen-bond donors (Lipinski definition) is 2. The third-order valence-corrected chi connectivity index (χ3v) is 5.34. The Labute approximate surface area is 168 Å². The van der Waals surface area contributed by atoms with E-state index in [1.807, 2.05) is 0 Å². The zero-order valence-electron chi connectivity index (χ0n) is 15.7. The van der Waals surface area contributed by atoms with Gasteiger partial charge in [0.1, 0.15) is 12.1 Å². The molecule has 6 nitrogen and oxygen atoms in total. The van der Waals surface area contributed by atoms with Crippen molar-refractivity contribution in [3.05, 3.63) is 47.9 Å². The number of piperidine rings is 1. The lowest BCUT2D eigenvalue weighted by atomic mass is 9.95. The topological polar surface area (TPSA) is 69.7 Å². The number of aromatic nitrogens is 4. The van der Waals surface area contributed by atoms with Gasteiger partial charge in [0, 0.05) is 19.1 Å². The van der Waals surface area contributed by atoms with E-state index in [0.717, 1.165) is 12.1 Å². The largest absolute Gasteiger partial charge is 0.416 e. The smallest absolute Gasteiger partial charge is 0.367 e. The Bertz CT molecular complexity index is 996. The average Bonchev–Trinajstić information content (AvgIpc) is 3.19. The number of anilines is 1. The van der Waals surface area contributed by atoms with Crippen LogP contribution in [-0.4, -0.2) is 50.6 Å². The third kappa shape index (κ3) is 4.07. The Morgan fingerprint density at radius 1 is 1.10 bits per heavy atom. The van der Waals surface area contributed by atoms with E-state index < -0.39 is 24.2 Å². The van der Waals surface area contributed by atoms with Gasteiger partial charge in [0.2, 0.25) is 0 Å². The fraction of sp³-hybridized carbons (Fsp3) is 0.421. The summed E-state index contributed by atoms with van der Waals surface area (Å²) in [5.41, 5.74) is -0.826. The highest BCUT2D eigenvalue weighted by atomic mass is 19.4. The maximum absolute atomic E-state index is 13.9.